The van der Waals surface area contributed by atoms with Crippen molar-refractivity contribution in [1.29, 1.82) is 0 Å². The SMILES string of the molecule is CCC(C)(C)C([C](C)C)c1ccccc1. The largest absolute Gasteiger partial charge is 0.0649 e. The zero-order valence-electron chi connectivity index (χ0n) is 10.7. The Bertz CT molecular complexity index is 282. The van der Waals surface area contributed by atoms with Gasteiger partial charge in [0, 0.05) is 0 Å². The molecule has 15 heavy (non-hydrogen) atoms. The predicted molar refractivity (Wildman–Crippen MR) is 67.8 cm³/mol. The molecular weight excluding hydrogens is 180 g/mol. The number of hydrogen-bond donors (Lipinski definition) is 0. The van der Waals surface area contributed by atoms with Crippen molar-refractivity contribution in [2.24, 2.45) is 5.41 Å². The van der Waals surface area contributed by atoms with E-state index in [-0.39, 0.29) is 0 Å². The zero-order valence-corrected chi connectivity index (χ0v) is 10.7. The van der Waals surface area contributed by atoms with E-state index in [0.29, 0.717) is 11.3 Å². The molecule has 0 saturated carbocycles. The molecule has 1 aromatic rings. The van der Waals surface area contributed by atoms with Crippen molar-refractivity contribution in [3.8, 4) is 0 Å². The second kappa shape index (κ2) is 4.83. The Hall–Kier alpha value is -0.780. The Morgan fingerprint density at radius 3 is 2.07 bits per heavy atom. The van der Waals surface area contributed by atoms with Crippen molar-refractivity contribution in [1.82, 2.24) is 0 Å². The third-order valence-corrected chi connectivity index (χ3v) is 3.40. The summed E-state index contributed by atoms with van der Waals surface area (Å²) in [5, 5.41) is 0. The van der Waals surface area contributed by atoms with Crippen LogP contribution < -0.4 is 0 Å². The maximum atomic E-state index is 2.36. The molecular formula is C15H23. The average Bonchev–Trinajstić information content (AvgIpc) is 2.18. The first-order valence-corrected chi connectivity index (χ1v) is 5.84. The van der Waals surface area contributed by atoms with Crippen LogP contribution in [-0.2, 0) is 0 Å². The lowest BCUT2D eigenvalue weighted by molar-refractivity contribution is 0.282. The van der Waals surface area contributed by atoms with Crippen LogP contribution in [0.15, 0.2) is 30.3 Å². The first kappa shape index (κ1) is 12.3. The highest BCUT2D eigenvalue weighted by Gasteiger charge is 2.31. The van der Waals surface area contributed by atoms with Gasteiger partial charge < -0.3 is 0 Å². The van der Waals surface area contributed by atoms with Gasteiger partial charge in [-0.2, -0.15) is 0 Å². The van der Waals surface area contributed by atoms with Gasteiger partial charge >= 0.3 is 0 Å². The number of benzene rings is 1. The van der Waals surface area contributed by atoms with Crippen molar-refractivity contribution in [2.75, 3.05) is 0 Å². The minimum atomic E-state index is 0.347. The van der Waals surface area contributed by atoms with Gasteiger partial charge in [-0.05, 0) is 22.8 Å². The Labute approximate surface area is 94.7 Å². The van der Waals surface area contributed by atoms with Crippen LogP contribution in [0.1, 0.15) is 52.5 Å². The number of hydrogen-bond acceptors (Lipinski definition) is 0. The maximum Gasteiger partial charge on any atom is -0.00541 e. The molecule has 1 unspecified atom stereocenters. The summed E-state index contributed by atoms with van der Waals surface area (Å²) < 4.78 is 0. The van der Waals surface area contributed by atoms with E-state index in [9.17, 15) is 0 Å². The summed E-state index contributed by atoms with van der Waals surface area (Å²) in [7, 11) is 0. The summed E-state index contributed by atoms with van der Waals surface area (Å²) in [4.78, 5) is 0. The van der Waals surface area contributed by atoms with E-state index in [2.05, 4.69) is 65.0 Å². The van der Waals surface area contributed by atoms with Crippen LogP contribution in [0.4, 0.5) is 0 Å². The van der Waals surface area contributed by atoms with Gasteiger partial charge in [-0.25, -0.2) is 0 Å². The van der Waals surface area contributed by atoms with E-state index < -0.39 is 0 Å². The molecule has 1 radical (unpaired) electrons. The fourth-order valence-corrected chi connectivity index (χ4v) is 2.42. The van der Waals surface area contributed by atoms with Crippen LogP contribution in [0.25, 0.3) is 0 Å². The molecule has 0 heteroatoms. The standard InChI is InChI=1S/C15H23/c1-6-15(4,5)14(12(2)3)13-10-8-7-9-11-13/h7-11,14H,6H2,1-5H3. The molecule has 0 nitrogen and oxygen atoms in total. The fourth-order valence-electron chi connectivity index (χ4n) is 2.42. The van der Waals surface area contributed by atoms with E-state index >= 15 is 0 Å². The van der Waals surface area contributed by atoms with Gasteiger partial charge in [-0.3, -0.25) is 0 Å². The minimum absolute atomic E-state index is 0.347. The fraction of sp³-hybridized carbons (Fsp3) is 0.533. The molecule has 1 aromatic carbocycles. The lowest BCUT2D eigenvalue weighted by Crippen LogP contribution is -2.24. The van der Waals surface area contributed by atoms with E-state index in [0.717, 1.165) is 0 Å². The van der Waals surface area contributed by atoms with Crippen LogP contribution in [0.5, 0.6) is 0 Å². The van der Waals surface area contributed by atoms with Crippen molar-refractivity contribution in [3.63, 3.8) is 0 Å². The smallest absolute Gasteiger partial charge is 0.00541 e. The summed E-state index contributed by atoms with van der Waals surface area (Å²) in [6, 6.07) is 10.8. The average molecular weight is 203 g/mol. The maximum absolute atomic E-state index is 2.36. The Morgan fingerprint density at radius 2 is 1.67 bits per heavy atom. The Morgan fingerprint density at radius 1 is 1.13 bits per heavy atom. The monoisotopic (exact) mass is 203 g/mol. The normalized spacial score (nSPS) is 14.3. The van der Waals surface area contributed by atoms with E-state index in [1.807, 2.05) is 0 Å². The zero-order chi connectivity index (χ0) is 11.5. The molecule has 0 heterocycles. The van der Waals surface area contributed by atoms with E-state index in [4.69, 9.17) is 0 Å². The number of rotatable bonds is 4. The van der Waals surface area contributed by atoms with E-state index in [1.165, 1.54) is 17.9 Å². The molecule has 0 aliphatic carbocycles. The molecule has 0 amide bonds. The summed E-state index contributed by atoms with van der Waals surface area (Å²) in [6.45, 7) is 11.5. The molecule has 0 aliphatic heterocycles. The van der Waals surface area contributed by atoms with Gasteiger partial charge in [-0.15, -0.1) is 0 Å². The lowest BCUT2D eigenvalue weighted by Gasteiger charge is -2.36. The molecule has 0 N–H and O–H groups in total. The first-order valence-electron chi connectivity index (χ1n) is 5.84. The molecule has 0 bridgehead atoms. The summed E-state index contributed by atoms with van der Waals surface area (Å²) in [5.74, 6) is 2.08. The molecule has 1 atom stereocenters. The van der Waals surface area contributed by atoms with Crippen molar-refractivity contribution < 1.29 is 0 Å². The van der Waals surface area contributed by atoms with Crippen LogP contribution >= 0.6 is 0 Å². The second-order valence-corrected chi connectivity index (χ2v) is 5.26. The highest BCUT2D eigenvalue weighted by molar-refractivity contribution is 5.27. The highest BCUT2D eigenvalue weighted by atomic mass is 14.4. The van der Waals surface area contributed by atoms with Gasteiger partial charge in [0.2, 0.25) is 0 Å². The van der Waals surface area contributed by atoms with E-state index in [1.54, 1.807) is 0 Å². The van der Waals surface area contributed by atoms with Crippen LogP contribution in [0, 0.1) is 11.3 Å². The molecule has 0 saturated heterocycles. The summed E-state index contributed by atoms with van der Waals surface area (Å²) >= 11 is 0. The van der Waals surface area contributed by atoms with Gasteiger partial charge in [0.25, 0.3) is 0 Å². The third-order valence-electron chi connectivity index (χ3n) is 3.40. The molecule has 0 aromatic heterocycles. The second-order valence-electron chi connectivity index (χ2n) is 5.26. The molecule has 1 rings (SSSR count). The predicted octanol–water partition coefficient (Wildman–Crippen LogP) is 4.82. The topological polar surface area (TPSA) is 0 Å². The minimum Gasteiger partial charge on any atom is -0.0649 e. The van der Waals surface area contributed by atoms with Gasteiger partial charge in [0.1, 0.15) is 0 Å². The van der Waals surface area contributed by atoms with Crippen LogP contribution in [0.3, 0.4) is 0 Å². The highest BCUT2D eigenvalue weighted by Crippen LogP contribution is 2.43. The first-order chi connectivity index (χ1) is 6.99. The molecule has 0 spiro atoms. The Balaban J connectivity index is 3.04. The van der Waals surface area contributed by atoms with Gasteiger partial charge in [-0.1, -0.05) is 71.4 Å². The summed E-state index contributed by atoms with van der Waals surface area (Å²) in [6.07, 6.45) is 1.21. The summed E-state index contributed by atoms with van der Waals surface area (Å²) in [5.41, 5.74) is 1.80. The van der Waals surface area contributed by atoms with Gasteiger partial charge in [0.05, 0.1) is 0 Å². The Kier molecular flexibility index (Phi) is 3.96. The van der Waals surface area contributed by atoms with Gasteiger partial charge in [0.15, 0.2) is 0 Å². The van der Waals surface area contributed by atoms with Crippen molar-refractivity contribution in [3.05, 3.63) is 41.8 Å². The van der Waals surface area contributed by atoms with Crippen LogP contribution in [0.2, 0.25) is 0 Å². The third kappa shape index (κ3) is 2.84. The van der Waals surface area contributed by atoms with Crippen molar-refractivity contribution >= 4 is 0 Å². The lowest BCUT2D eigenvalue weighted by atomic mass is 9.68. The van der Waals surface area contributed by atoms with Crippen molar-refractivity contribution in [2.45, 2.75) is 47.0 Å². The molecule has 0 aliphatic rings. The molecule has 83 valence electrons. The quantitative estimate of drug-likeness (QED) is 0.658. The molecule has 0 fully saturated rings. The van der Waals surface area contributed by atoms with Crippen LogP contribution in [-0.4, -0.2) is 0 Å².